The third kappa shape index (κ3) is 4.66. The Kier molecular flexibility index (Phi) is 6.86. The van der Waals surface area contributed by atoms with E-state index in [-0.39, 0.29) is 12.6 Å². The SMILES string of the molecule is C#CCC(COC(c1ccccc1)(c1ccccc1)c1ccccc1)Oc1nccnn1. The number of nitrogens with zero attached hydrogens (tertiary/aromatic N) is 3. The zero-order chi connectivity index (χ0) is 22.1. The quantitative estimate of drug-likeness (QED) is 0.291. The molecule has 4 aromatic rings. The van der Waals surface area contributed by atoms with E-state index in [0.29, 0.717) is 6.42 Å². The van der Waals surface area contributed by atoms with Gasteiger partial charge in [-0.1, -0.05) is 96.1 Å². The molecule has 0 aliphatic heterocycles. The maximum atomic E-state index is 6.78. The van der Waals surface area contributed by atoms with Crippen molar-refractivity contribution in [1.29, 1.82) is 0 Å². The van der Waals surface area contributed by atoms with Gasteiger partial charge < -0.3 is 9.47 Å². The van der Waals surface area contributed by atoms with Crippen molar-refractivity contribution in [2.24, 2.45) is 0 Å². The summed E-state index contributed by atoms with van der Waals surface area (Å²) >= 11 is 0. The molecule has 4 rings (SSSR count). The summed E-state index contributed by atoms with van der Waals surface area (Å²) in [6.07, 6.45) is 8.53. The molecule has 0 saturated heterocycles. The molecule has 0 aliphatic rings. The summed E-state index contributed by atoms with van der Waals surface area (Å²) in [5.74, 6) is 2.66. The number of ether oxygens (including phenoxy) is 2. The van der Waals surface area contributed by atoms with Crippen LogP contribution in [0.3, 0.4) is 0 Å². The standard InChI is InChI=1S/C27H23N3O2/c1-2-12-25(32-26-28-19-20-29-30-26)21-31-27(22-13-6-3-7-14-22,23-15-8-4-9-16-23)24-17-10-5-11-18-24/h1,3-11,13-20,25H,12,21H2. The molecule has 0 radical (unpaired) electrons. The number of aromatic nitrogens is 3. The fourth-order valence-electron chi connectivity index (χ4n) is 3.69. The molecule has 0 N–H and O–H groups in total. The van der Waals surface area contributed by atoms with Crippen molar-refractivity contribution in [3.05, 3.63) is 120 Å². The van der Waals surface area contributed by atoms with Crippen LogP contribution in [0.4, 0.5) is 0 Å². The van der Waals surface area contributed by atoms with Crippen LogP contribution in [0.15, 0.2) is 103 Å². The summed E-state index contributed by atoms with van der Waals surface area (Å²) < 4.78 is 12.7. The van der Waals surface area contributed by atoms with Gasteiger partial charge in [-0.25, -0.2) is 4.98 Å². The van der Waals surface area contributed by atoms with Gasteiger partial charge in [-0.05, 0) is 16.7 Å². The van der Waals surface area contributed by atoms with Crippen molar-refractivity contribution in [3.63, 3.8) is 0 Å². The van der Waals surface area contributed by atoms with Gasteiger partial charge in [0.25, 0.3) is 0 Å². The van der Waals surface area contributed by atoms with E-state index in [0.717, 1.165) is 16.7 Å². The Morgan fingerprint density at radius 2 is 1.31 bits per heavy atom. The Balaban J connectivity index is 1.76. The number of hydrogen-bond acceptors (Lipinski definition) is 5. The van der Waals surface area contributed by atoms with E-state index >= 15 is 0 Å². The Hall–Kier alpha value is -4.01. The number of rotatable bonds is 9. The molecule has 0 saturated carbocycles. The highest BCUT2D eigenvalue weighted by molar-refractivity contribution is 5.47. The van der Waals surface area contributed by atoms with Crippen molar-refractivity contribution in [2.75, 3.05) is 6.61 Å². The molecule has 158 valence electrons. The van der Waals surface area contributed by atoms with Crippen LogP contribution in [0.25, 0.3) is 0 Å². The highest BCUT2D eigenvalue weighted by Crippen LogP contribution is 2.40. The predicted molar refractivity (Wildman–Crippen MR) is 123 cm³/mol. The normalized spacial score (nSPS) is 12.0. The van der Waals surface area contributed by atoms with Crippen LogP contribution in [-0.4, -0.2) is 27.9 Å². The van der Waals surface area contributed by atoms with E-state index in [4.69, 9.17) is 15.9 Å². The predicted octanol–water partition coefficient (Wildman–Crippen LogP) is 4.65. The zero-order valence-electron chi connectivity index (χ0n) is 17.5. The van der Waals surface area contributed by atoms with E-state index in [1.165, 1.54) is 12.4 Å². The lowest BCUT2D eigenvalue weighted by Crippen LogP contribution is -2.37. The summed E-state index contributed by atoms with van der Waals surface area (Å²) in [6.45, 7) is 0.223. The van der Waals surface area contributed by atoms with Crippen molar-refractivity contribution in [3.8, 4) is 18.4 Å². The molecule has 1 unspecified atom stereocenters. The molecule has 1 atom stereocenters. The average Bonchev–Trinajstić information content (AvgIpc) is 2.87. The monoisotopic (exact) mass is 421 g/mol. The second kappa shape index (κ2) is 10.3. The molecule has 0 amide bonds. The van der Waals surface area contributed by atoms with Crippen molar-refractivity contribution >= 4 is 0 Å². The Bertz CT molecular complexity index is 1030. The Morgan fingerprint density at radius 1 is 0.781 bits per heavy atom. The van der Waals surface area contributed by atoms with Gasteiger partial charge in [0, 0.05) is 6.42 Å². The minimum absolute atomic E-state index is 0.168. The lowest BCUT2D eigenvalue weighted by atomic mass is 9.80. The smallest absolute Gasteiger partial charge is 0.336 e. The van der Waals surface area contributed by atoms with Gasteiger partial charge in [0.15, 0.2) is 0 Å². The topological polar surface area (TPSA) is 57.1 Å². The number of hydrogen-bond donors (Lipinski definition) is 0. The summed E-state index contributed by atoms with van der Waals surface area (Å²) in [7, 11) is 0. The average molecular weight is 422 g/mol. The third-order valence-corrected chi connectivity index (χ3v) is 5.11. The van der Waals surface area contributed by atoms with Gasteiger partial charge in [0.1, 0.15) is 11.7 Å². The van der Waals surface area contributed by atoms with E-state index in [9.17, 15) is 0 Å². The number of benzene rings is 3. The third-order valence-electron chi connectivity index (χ3n) is 5.11. The fraction of sp³-hybridized carbons (Fsp3) is 0.148. The second-order valence-electron chi connectivity index (χ2n) is 7.16. The first kappa shape index (κ1) is 21.2. The first-order valence-corrected chi connectivity index (χ1v) is 10.4. The molecular weight excluding hydrogens is 398 g/mol. The second-order valence-corrected chi connectivity index (χ2v) is 7.16. The van der Waals surface area contributed by atoms with Gasteiger partial charge in [-0.15, -0.1) is 12.3 Å². The van der Waals surface area contributed by atoms with Crippen molar-refractivity contribution in [1.82, 2.24) is 15.2 Å². The molecule has 1 aromatic heterocycles. The first-order valence-electron chi connectivity index (χ1n) is 10.4. The highest BCUT2D eigenvalue weighted by Gasteiger charge is 2.38. The van der Waals surface area contributed by atoms with Gasteiger partial charge in [0.05, 0.1) is 19.0 Å². The molecule has 0 spiro atoms. The summed E-state index contributed by atoms with van der Waals surface area (Å²) in [5, 5.41) is 7.73. The lowest BCUT2D eigenvalue weighted by molar-refractivity contribution is -0.0313. The maximum Gasteiger partial charge on any atom is 0.336 e. The van der Waals surface area contributed by atoms with Gasteiger partial charge in [-0.3, -0.25) is 0 Å². The van der Waals surface area contributed by atoms with Gasteiger partial charge >= 0.3 is 6.01 Å². The molecule has 0 bridgehead atoms. The fourth-order valence-corrected chi connectivity index (χ4v) is 3.69. The van der Waals surface area contributed by atoms with Gasteiger partial charge in [-0.2, -0.15) is 5.10 Å². The molecule has 0 fully saturated rings. The molecule has 1 heterocycles. The van der Waals surface area contributed by atoms with Crippen LogP contribution >= 0.6 is 0 Å². The summed E-state index contributed by atoms with van der Waals surface area (Å²) in [5.41, 5.74) is 2.17. The summed E-state index contributed by atoms with van der Waals surface area (Å²) in [6, 6.07) is 30.6. The zero-order valence-corrected chi connectivity index (χ0v) is 17.5. The Morgan fingerprint density at radius 3 is 1.75 bits per heavy atom. The molecule has 32 heavy (non-hydrogen) atoms. The van der Waals surface area contributed by atoms with Crippen LogP contribution in [0, 0.1) is 12.3 Å². The van der Waals surface area contributed by atoms with Crippen LogP contribution < -0.4 is 4.74 Å². The van der Waals surface area contributed by atoms with E-state index < -0.39 is 11.7 Å². The van der Waals surface area contributed by atoms with E-state index in [1.54, 1.807) is 0 Å². The van der Waals surface area contributed by atoms with Crippen LogP contribution in [-0.2, 0) is 10.3 Å². The van der Waals surface area contributed by atoms with Crippen LogP contribution in [0.2, 0.25) is 0 Å². The molecule has 3 aromatic carbocycles. The molecule has 0 aliphatic carbocycles. The summed E-state index contributed by atoms with van der Waals surface area (Å²) in [4.78, 5) is 4.10. The Labute approximate surface area is 188 Å². The minimum Gasteiger partial charge on any atom is -0.456 e. The minimum atomic E-state index is -0.851. The van der Waals surface area contributed by atoms with E-state index in [1.807, 2.05) is 54.6 Å². The lowest BCUT2D eigenvalue weighted by Gasteiger charge is -2.36. The molecule has 5 heteroatoms. The molecule has 5 nitrogen and oxygen atoms in total. The first-order chi connectivity index (χ1) is 15.8. The van der Waals surface area contributed by atoms with Crippen LogP contribution in [0.5, 0.6) is 6.01 Å². The van der Waals surface area contributed by atoms with E-state index in [2.05, 4.69) is 57.5 Å². The largest absolute Gasteiger partial charge is 0.456 e. The molecular formula is C27H23N3O2. The number of terminal acetylenes is 1. The van der Waals surface area contributed by atoms with Crippen molar-refractivity contribution in [2.45, 2.75) is 18.1 Å². The van der Waals surface area contributed by atoms with Crippen molar-refractivity contribution < 1.29 is 9.47 Å². The van der Waals surface area contributed by atoms with Gasteiger partial charge in [0.2, 0.25) is 0 Å². The highest BCUT2D eigenvalue weighted by atomic mass is 16.6. The van der Waals surface area contributed by atoms with Crippen LogP contribution in [0.1, 0.15) is 23.1 Å². The maximum absolute atomic E-state index is 6.78.